The fourth-order valence-corrected chi connectivity index (χ4v) is 4.29. The van der Waals surface area contributed by atoms with Crippen molar-refractivity contribution >= 4 is 23.0 Å². The number of carbonyl (C=O) groups excluding carboxylic acids is 2. The quantitative estimate of drug-likeness (QED) is 0.520. The summed E-state index contributed by atoms with van der Waals surface area (Å²) in [5.74, 6) is -0.758. The lowest BCUT2D eigenvalue weighted by Gasteiger charge is -2.27. The minimum atomic E-state index is -0.722. The zero-order valence-corrected chi connectivity index (χ0v) is 17.8. The van der Waals surface area contributed by atoms with Gasteiger partial charge in [-0.2, -0.15) is 0 Å². The number of aromatic nitrogens is 1. The van der Waals surface area contributed by atoms with Crippen LogP contribution in [-0.2, 0) is 11.3 Å². The highest BCUT2D eigenvalue weighted by Crippen LogP contribution is 2.41. The highest BCUT2D eigenvalue weighted by molar-refractivity contribution is 7.12. The van der Waals surface area contributed by atoms with E-state index in [2.05, 4.69) is 4.98 Å². The van der Waals surface area contributed by atoms with Crippen molar-refractivity contribution in [1.82, 2.24) is 9.88 Å². The number of pyridine rings is 1. The van der Waals surface area contributed by atoms with Crippen LogP contribution < -0.4 is 4.74 Å². The summed E-state index contributed by atoms with van der Waals surface area (Å²) in [5.41, 5.74) is 1.65. The number of Topliss-reactive ketones (excluding diaryl/α,β-unsaturated/α-hetero) is 1. The monoisotopic (exact) mass is 434 g/mol. The smallest absolute Gasteiger partial charge is 0.290 e. The molecule has 0 radical (unpaired) electrons. The van der Waals surface area contributed by atoms with E-state index in [1.54, 1.807) is 42.0 Å². The molecule has 1 atom stereocenters. The van der Waals surface area contributed by atoms with Gasteiger partial charge in [-0.25, -0.2) is 0 Å². The number of carbonyl (C=O) groups is 2. The van der Waals surface area contributed by atoms with E-state index in [0.29, 0.717) is 22.8 Å². The molecule has 1 aliphatic heterocycles. The van der Waals surface area contributed by atoms with Crippen molar-refractivity contribution in [3.63, 3.8) is 0 Å². The van der Waals surface area contributed by atoms with E-state index in [0.717, 1.165) is 12.0 Å². The van der Waals surface area contributed by atoms with Gasteiger partial charge in [-0.15, -0.1) is 11.3 Å². The molecule has 3 heterocycles. The number of benzene rings is 1. The van der Waals surface area contributed by atoms with E-state index in [4.69, 9.17) is 4.74 Å². The number of ether oxygens (including phenoxy) is 1. The Morgan fingerprint density at radius 3 is 2.71 bits per heavy atom. The first-order valence-corrected chi connectivity index (χ1v) is 10.9. The average Bonchev–Trinajstić information content (AvgIpc) is 3.42. The molecule has 0 bridgehead atoms. The number of hydrogen-bond donors (Lipinski definition) is 1. The lowest BCUT2D eigenvalue weighted by Crippen LogP contribution is -2.30. The van der Waals surface area contributed by atoms with Crippen LogP contribution in [0, 0.1) is 0 Å². The van der Waals surface area contributed by atoms with Gasteiger partial charge < -0.3 is 14.7 Å². The van der Waals surface area contributed by atoms with Crippen molar-refractivity contribution in [2.24, 2.45) is 0 Å². The van der Waals surface area contributed by atoms with E-state index in [1.807, 2.05) is 31.2 Å². The molecule has 6 nitrogen and oxygen atoms in total. The summed E-state index contributed by atoms with van der Waals surface area (Å²) in [6.07, 6.45) is 4.16. The van der Waals surface area contributed by atoms with Gasteiger partial charge in [0.25, 0.3) is 5.91 Å². The molecule has 1 aliphatic rings. The zero-order chi connectivity index (χ0) is 21.8. The number of rotatable bonds is 8. The second kappa shape index (κ2) is 9.14. The molecule has 158 valence electrons. The first-order valence-electron chi connectivity index (χ1n) is 10.0. The number of aliphatic hydroxyl groups excluding tert-OH is 1. The minimum absolute atomic E-state index is 0.0918. The Morgan fingerprint density at radius 2 is 2.00 bits per heavy atom. The van der Waals surface area contributed by atoms with Crippen molar-refractivity contribution < 1.29 is 19.4 Å². The van der Waals surface area contributed by atoms with Crippen LogP contribution in [0.15, 0.2) is 77.6 Å². The highest BCUT2D eigenvalue weighted by Gasteiger charge is 2.44. The zero-order valence-electron chi connectivity index (χ0n) is 17.0. The van der Waals surface area contributed by atoms with Crippen molar-refractivity contribution in [2.75, 3.05) is 6.61 Å². The normalized spacial score (nSPS) is 16.1. The summed E-state index contributed by atoms with van der Waals surface area (Å²) in [7, 11) is 0. The molecule has 0 aliphatic carbocycles. The van der Waals surface area contributed by atoms with E-state index < -0.39 is 17.7 Å². The molecule has 0 saturated heterocycles. The number of amides is 1. The molecule has 4 rings (SSSR count). The van der Waals surface area contributed by atoms with Gasteiger partial charge in [0, 0.05) is 18.9 Å². The lowest BCUT2D eigenvalue weighted by molar-refractivity contribution is -0.130. The van der Waals surface area contributed by atoms with Gasteiger partial charge in [-0.3, -0.25) is 14.6 Å². The summed E-state index contributed by atoms with van der Waals surface area (Å²) in [6, 6.07) is 13.7. The Hall–Kier alpha value is -3.45. The summed E-state index contributed by atoms with van der Waals surface area (Å²) in [6.45, 7) is 2.82. The first-order chi connectivity index (χ1) is 15.1. The molecule has 2 aromatic heterocycles. The van der Waals surface area contributed by atoms with Crippen molar-refractivity contribution in [1.29, 1.82) is 0 Å². The molecule has 0 fully saturated rings. The number of thiophene rings is 1. The molecule has 1 aromatic carbocycles. The van der Waals surface area contributed by atoms with Crippen LogP contribution in [0.2, 0.25) is 0 Å². The third kappa shape index (κ3) is 4.22. The van der Waals surface area contributed by atoms with Gasteiger partial charge >= 0.3 is 0 Å². The van der Waals surface area contributed by atoms with Crippen LogP contribution in [0.4, 0.5) is 0 Å². The van der Waals surface area contributed by atoms with Crippen LogP contribution in [0.5, 0.6) is 5.75 Å². The molecular weight excluding hydrogens is 412 g/mol. The minimum Gasteiger partial charge on any atom is -0.503 e. The predicted molar refractivity (Wildman–Crippen MR) is 118 cm³/mol. The maximum Gasteiger partial charge on any atom is 0.290 e. The van der Waals surface area contributed by atoms with Crippen LogP contribution in [0.3, 0.4) is 0 Å². The summed E-state index contributed by atoms with van der Waals surface area (Å²) >= 11 is 1.28. The van der Waals surface area contributed by atoms with Crippen LogP contribution in [0.25, 0.3) is 0 Å². The number of ketones is 1. The number of aliphatic hydroxyl groups is 1. The standard InChI is InChI=1S/C24H22N2O4S/c1-2-12-30-18-6-3-5-17(14-18)21-20(22(27)19-7-4-13-31-19)23(28)24(29)26(21)15-16-8-10-25-11-9-16/h3-11,13-14,21,28H,2,12,15H2,1H3. The van der Waals surface area contributed by atoms with Crippen LogP contribution >= 0.6 is 11.3 Å². The molecule has 3 aromatic rings. The molecule has 0 spiro atoms. The SMILES string of the molecule is CCCOc1cccc(C2C(C(=O)c3cccs3)=C(O)C(=O)N2Cc2ccncc2)c1. The van der Waals surface area contributed by atoms with Crippen LogP contribution in [0.1, 0.15) is 40.2 Å². The predicted octanol–water partition coefficient (Wildman–Crippen LogP) is 4.71. The van der Waals surface area contributed by atoms with Gasteiger partial charge in [-0.05, 0) is 53.3 Å². The van der Waals surface area contributed by atoms with Gasteiger partial charge in [-0.1, -0.05) is 25.1 Å². The second-order valence-corrected chi connectivity index (χ2v) is 8.13. The van der Waals surface area contributed by atoms with E-state index in [1.165, 1.54) is 16.2 Å². The molecular formula is C24H22N2O4S. The van der Waals surface area contributed by atoms with E-state index >= 15 is 0 Å². The van der Waals surface area contributed by atoms with Crippen molar-refractivity contribution in [3.05, 3.63) is 93.6 Å². The molecule has 1 amide bonds. The highest BCUT2D eigenvalue weighted by atomic mass is 32.1. The van der Waals surface area contributed by atoms with Gasteiger partial charge in [0.1, 0.15) is 5.75 Å². The number of hydrogen-bond acceptors (Lipinski definition) is 6. The van der Waals surface area contributed by atoms with Crippen molar-refractivity contribution in [2.45, 2.75) is 25.9 Å². The lowest BCUT2D eigenvalue weighted by atomic mass is 9.95. The largest absolute Gasteiger partial charge is 0.503 e. The maximum atomic E-state index is 13.3. The van der Waals surface area contributed by atoms with E-state index in [-0.39, 0.29) is 17.9 Å². The van der Waals surface area contributed by atoms with Crippen molar-refractivity contribution in [3.8, 4) is 5.75 Å². The third-order valence-electron chi connectivity index (χ3n) is 5.04. The first kappa shape index (κ1) is 20.8. The molecule has 1 N–H and O–H groups in total. The second-order valence-electron chi connectivity index (χ2n) is 7.18. The maximum absolute atomic E-state index is 13.3. The Bertz CT molecular complexity index is 1110. The van der Waals surface area contributed by atoms with Gasteiger partial charge in [0.05, 0.1) is 23.1 Å². The Balaban J connectivity index is 1.77. The van der Waals surface area contributed by atoms with E-state index in [9.17, 15) is 14.7 Å². The molecule has 0 saturated carbocycles. The molecule has 31 heavy (non-hydrogen) atoms. The van der Waals surface area contributed by atoms with Gasteiger partial charge in [0.2, 0.25) is 5.78 Å². The average molecular weight is 435 g/mol. The Morgan fingerprint density at radius 1 is 1.19 bits per heavy atom. The molecule has 7 heteroatoms. The summed E-state index contributed by atoms with van der Waals surface area (Å²) in [4.78, 5) is 32.3. The Labute approximate surface area is 184 Å². The summed E-state index contributed by atoms with van der Waals surface area (Å²) in [5, 5.41) is 12.5. The Kier molecular flexibility index (Phi) is 6.13. The molecule has 1 unspecified atom stereocenters. The summed E-state index contributed by atoms with van der Waals surface area (Å²) < 4.78 is 5.76. The fourth-order valence-electron chi connectivity index (χ4n) is 3.61. The fraction of sp³-hybridized carbons (Fsp3) is 0.208. The van der Waals surface area contributed by atoms with Gasteiger partial charge in [0.15, 0.2) is 5.76 Å². The topological polar surface area (TPSA) is 79.7 Å². The third-order valence-corrected chi connectivity index (χ3v) is 5.91. The van der Waals surface area contributed by atoms with Crippen LogP contribution in [-0.4, -0.2) is 33.3 Å². The number of nitrogens with zero attached hydrogens (tertiary/aromatic N) is 2.